The zero-order valence-electron chi connectivity index (χ0n) is 8.69. The molecule has 0 saturated heterocycles. The van der Waals surface area contributed by atoms with E-state index in [1.807, 2.05) is 0 Å². The molecule has 0 aliphatic carbocycles. The molecule has 0 amide bonds. The molecule has 0 aliphatic rings. The zero-order chi connectivity index (χ0) is 12.2. The quantitative estimate of drug-likeness (QED) is 0.769. The average Bonchev–Trinajstić information content (AvgIpc) is 2.14. The van der Waals surface area contributed by atoms with E-state index in [1.54, 1.807) is 19.1 Å². The highest BCUT2D eigenvalue weighted by molar-refractivity contribution is 8.13. The number of ether oxygens (including phenoxy) is 1. The second kappa shape index (κ2) is 5.50. The Labute approximate surface area is 98.6 Å². The minimum Gasteiger partial charge on any atom is -0.490 e. The van der Waals surface area contributed by atoms with E-state index in [2.05, 4.69) is 0 Å². The van der Waals surface area contributed by atoms with Crippen LogP contribution < -0.4 is 4.74 Å². The standard InChI is InChI=1S/C10H12ClFO3S/c1-8(7-16(11,13)14)6-15-10-5-3-2-4-9(10)12/h2-5,8H,6-7H2,1H3. The molecular formula is C10H12ClFO3S. The smallest absolute Gasteiger partial charge is 0.232 e. The number of rotatable bonds is 5. The molecule has 1 aromatic carbocycles. The van der Waals surface area contributed by atoms with Gasteiger partial charge in [0.25, 0.3) is 0 Å². The predicted molar refractivity (Wildman–Crippen MR) is 60.7 cm³/mol. The van der Waals surface area contributed by atoms with Gasteiger partial charge in [0.1, 0.15) is 0 Å². The van der Waals surface area contributed by atoms with Gasteiger partial charge in [-0.2, -0.15) is 0 Å². The lowest BCUT2D eigenvalue weighted by Crippen LogP contribution is -2.16. The Morgan fingerprint density at radius 1 is 1.44 bits per heavy atom. The monoisotopic (exact) mass is 266 g/mol. The lowest BCUT2D eigenvalue weighted by Gasteiger charge is -2.11. The summed E-state index contributed by atoms with van der Waals surface area (Å²) in [6.45, 7) is 1.77. The molecule has 1 atom stereocenters. The Morgan fingerprint density at radius 3 is 2.62 bits per heavy atom. The Kier molecular flexibility index (Phi) is 4.56. The predicted octanol–water partition coefficient (Wildman–Crippen LogP) is 2.41. The summed E-state index contributed by atoms with van der Waals surface area (Å²) in [4.78, 5) is 0. The van der Waals surface area contributed by atoms with Gasteiger partial charge in [0, 0.05) is 16.6 Å². The highest BCUT2D eigenvalue weighted by atomic mass is 35.7. The lowest BCUT2D eigenvalue weighted by molar-refractivity contribution is 0.260. The van der Waals surface area contributed by atoms with Gasteiger partial charge >= 0.3 is 0 Å². The summed E-state index contributed by atoms with van der Waals surface area (Å²) in [7, 11) is 1.54. The Morgan fingerprint density at radius 2 is 2.06 bits per heavy atom. The topological polar surface area (TPSA) is 43.4 Å². The van der Waals surface area contributed by atoms with Crippen molar-refractivity contribution in [2.45, 2.75) is 6.92 Å². The van der Waals surface area contributed by atoms with E-state index in [-0.39, 0.29) is 24.0 Å². The van der Waals surface area contributed by atoms with Crippen LogP contribution in [0.3, 0.4) is 0 Å². The third kappa shape index (κ3) is 4.81. The summed E-state index contributed by atoms with van der Waals surface area (Å²) >= 11 is 0. The van der Waals surface area contributed by atoms with E-state index in [4.69, 9.17) is 15.4 Å². The number of hydrogen-bond acceptors (Lipinski definition) is 3. The normalized spacial score (nSPS) is 13.4. The zero-order valence-corrected chi connectivity index (χ0v) is 10.3. The highest BCUT2D eigenvalue weighted by Crippen LogP contribution is 2.16. The molecule has 0 radical (unpaired) electrons. The molecule has 90 valence electrons. The maximum absolute atomic E-state index is 13.1. The van der Waals surface area contributed by atoms with Crippen molar-refractivity contribution in [2.24, 2.45) is 5.92 Å². The minimum atomic E-state index is -3.54. The number of benzene rings is 1. The van der Waals surface area contributed by atoms with Gasteiger partial charge in [0.2, 0.25) is 9.05 Å². The van der Waals surface area contributed by atoms with Crippen LogP contribution in [0.5, 0.6) is 5.75 Å². The van der Waals surface area contributed by atoms with E-state index < -0.39 is 14.9 Å². The van der Waals surface area contributed by atoms with Crippen LogP contribution in [0.1, 0.15) is 6.92 Å². The van der Waals surface area contributed by atoms with Crippen LogP contribution in [0, 0.1) is 11.7 Å². The van der Waals surface area contributed by atoms with E-state index in [9.17, 15) is 12.8 Å². The Balaban J connectivity index is 2.49. The third-order valence-electron chi connectivity index (χ3n) is 1.84. The van der Waals surface area contributed by atoms with Crippen molar-refractivity contribution in [1.29, 1.82) is 0 Å². The molecule has 1 unspecified atom stereocenters. The van der Waals surface area contributed by atoms with E-state index in [0.717, 1.165) is 0 Å². The van der Waals surface area contributed by atoms with Crippen molar-refractivity contribution in [3.63, 3.8) is 0 Å². The van der Waals surface area contributed by atoms with E-state index in [0.29, 0.717) is 0 Å². The van der Waals surface area contributed by atoms with Crippen LogP contribution >= 0.6 is 10.7 Å². The average molecular weight is 267 g/mol. The van der Waals surface area contributed by atoms with Gasteiger partial charge in [0.05, 0.1) is 12.4 Å². The lowest BCUT2D eigenvalue weighted by atomic mass is 10.2. The second-order valence-corrected chi connectivity index (χ2v) is 6.37. The van der Waals surface area contributed by atoms with Gasteiger partial charge in [-0.05, 0) is 12.1 Å². The number of halogens is 2. The third-order valence-corrected chi connectivity index (χ3v) is 3.19. The molecule has 0 N–H and O–H groups in total. The maximum atomic E-state index is 13.1. The molecule has 3 nitrogen and oxygen atoms in total. The van der Waals surface area contributed by atoms with Crippen molar-refractivity contribution in [2.75, 3.05) is 12.4 Å². The fraction of sp³-hybridized carbons (Fsp3) is 0.400. The van der Waals surface area contributed by atoms with Crippen molar-refractivity contribution in [3.05, 3.63) is 30.1 Å². The fourth-order valence-corrected chi connectivity index (χ4v) is 2.60. The van der Waals surface area contributed by atoms with Gasteiger partial charge in [0.15, 0.2) is 11.6 Å². The molecule has 0 spiro atoms. The van der Waals surface area contributed by atoms with Crippen LogP contribution in [-0.2, 0) is 9.05 Å². The highest BCUT2D eigenvalue weighted by Gasteiger charge is 2.13. The molecule has 6 heteroatoms. The molecule has 0 fully saturated rings. The van der Waals surface area contributed by atoms with Gasteiger partial charge < -0.3 is 4.74 Å². The molecule has 0 saturated carbocycles. The van der Waals surface area contributed by atoms with Crippen molar-refractivity contribution >= 4 is 19.7 Å². The van der Waals surface area contributed by atoms with Gasteiger partial charge in [-0.15, -0.1) is 0 Å². The molecule has 16 heavy (non-hydrogen) atoms. The summed E-state index contributed by atoms with van der Waals surface area (Å²) < 4.78 is 39.8. The molecule has 0 bridgehead atoms. The van der Waals surface area contributed by atoms with Crippen molar-refractivity contribution in [3.8, 4) is 5.75 Å². The van der Waals surface area contributed by atoms with Crippen LogP contribution in [0.4, 0.5) is 4.39 Å². The van der Waals surface area contributed by atoms with Crippen molar-refractivity contribution < 1.29 is 17.5 Å². The summed E-state index contributed by atoms with van der Waals surface area (Å²) in [6, 6.07) is 5.95. The molecule has 1 aromatic rings. The first-order valence-corrected chi connectivity index (χ1v) is 7.16. The van der Waals surface area contributed by atoms with Crippen LogP contribution in [0.2, 0.25) is 0 Å². The molecule has 1 rings (SSSR count). The fourth-order valence-electron chi connectivity index (χ4n) is 1.18. The van der Waals surface area contributed by atoms with E-state index >= 15 is 0 Å². The summed E-state index contributed by atoms with van der Waals surface area (Å²) in [5.41, 5.74) is 0. The van der Waals surface area contributed by atoms with E-state index in [1.165, 1.54) is 12.1 Å². The molecule has 0 heterocycles. The maximum Gasteiger partial charge on any atom is 0.232 e. The van der Waals surface area contributed by atoms with Crippen LogP contribution in [0.15, 0.2) is 24.3 Å². The summed E-state index contributed by atoms with van der Waals surface area (Å²) in [5.74, 6) is -0.838. The van der Waals surface area contributed by atoms with Gasteiger partial charge in [-0.25, -0.2) is 12.8 Å². The molecule has 0 aliphatic heterocycles. The summed E-state index contributed by atoms with van der Waals surface area (Å²) in [6.07, 6.45) is 0. The first kappa shape index (κ1) is 13.3. The van der Waals surface area contributed by atoms with Crippen molar-refractivity contribution in [1.82, 2.24) is 0 Å². The SMILES string of the molecule is CC(COc1ccccc1F)CS(=O)(=O)Cl. The second-order valence-electron chi connectivity index (χ2n) is 3.55. The first-order chi connectivity index (χ1) is 7.38. The van der Waals surface area contributed by atoms with Crippen LogP contribution in [0.25, 0.3) is 0 Å². The number of para-hydroxylation sites is 1. The largest absolute Gasteiger partial charge is 0.490 e. The molecular weight excluding hydrogens is 255 g/mol. The first-order valence-electron chi connectivity index (χ1n) is 4.68. The Hall–Kier alpha value is -0.810. The molecule has 0 aromatic heterocycles. The van der Waals surface area contributed by atoms with Gasteiger partial charge in [-0.3, -0.25) is 0 Å². The van der Waals surface area contributed by atoms with Crippen LogP contribution in [-0.4, -0.2) is 20.8 Å². The van der Waals surface area contributed by atoms with Gasteiger partial charge in [-0.1, -0.05) is 19.1 Å². The Bertz CT molecular complexity index is 447. The summed E-state index contributed by atoms with van der Waals surface area (Å²) in [5, 5.41) is 0. The minimum absolute atomic E-state index is 0.104. The number of hydrogen-bond donors (Lipinski definition) is 0.